The Hall–Kier alpha value is -2.02. The van der Waals surface area contributed by atoms with Gasteiger partial charge in [0.1, 0.15) is 0 Å². The van der Waals surface area contributed by atoms with E-state index in [-0.39, 0.29) is 12.1 Å². The Morgan fingerprint density at radius 2 is 2.00 bits per heavy atom. The number of carbonyl (C=O) groups is 1. The molecule has 0 heterocycles. The number of hydrogen-bond acceptors (Lipinski definition) is 2. The Morgan fingerprint density at radius 3 is 2.58 bits per heavy atom. The van der Waals surface area contributed by atoms with E-state index in [1.54, 1.807) is 12.1 Å². The number of hydrogen-bond donors (Lipinski definition) is 2. The molecule has 0 aromatic heterocycles. The van der Waals surface area contributed by atoms with Crippen LogP contribution in [0.2, 0.25) is 0 Å². The van der Waals surface area contributed by atoms with Crippen LogP contribution < -0.4 is 10.6 Å². The molecule has 0 aliphatic heterocycles. The molecule has 2 N–H and O–H groups in total. The van der Waals surface area contributed by atoms with E-state index in [0.29, 0.717) is 12.1 Å². The second-order valence-corrected chi connectivity index (χ2v) is 4.56. The van der Waals surface area contributed by atoms with Crippen LogP contribution in [0, 0.1) is 11.3 Å². The Labute approximate surface area is 114 Å². The molecule has 0 spiro atoms. The van der Waals surface area contributed by atoms with Crippen molar-refractivity contribution < 1.29 is 4.79 Å². The van der Waals surface area contributed by atoms with Crippen molar-refractivity contribution in [3.05, 3.63) is 35.4 Å². The smallest absolute Gasteiger partial charge is 0.315 e. The highest BCUT2D eigenvalue weighted by Crippen LogP contribution is 2.12. The molecular formula is C15H21N3O. The van der Waals surface area contributed by atoms with Crippen molar-refractivity contribution in [1.82, 2.24) is 10.6 Å². The highest BCUT2D eigenvalue weighted by molar-refractivity contribution is 5.74. The van der Waals surface area contributed by atoms with Crippen LogP contribution >= 0.6 is 0 Å². The van der Waals surface area contributed by atoms with E-state index in [4.69, 9.17) is 5.26 Å². The van der Waals surface area contributed by atoms with Gasteiger partial charge in [-0.25, -0.2) is 4.79 Å². The van der Waals surface area contributed by atoms with Crippen molar-refractivity contribution in [3.8, 4) is 6.07 Å². The first-order valence-corrected chi connectivity index (χ1v) is 6.71. The summed E-state index contributed by atoms with van der Waals surface area (Å²) in [5.74, 6) is 0. The minimum atomic E-state index is -0.145. The zero-order valence-corrected chi connectivity index (χ0v) is 11.6. The van der Waals surface area contributed by atoms with Gasteiger partial charge in [0.2, 0.25) is 0 Å². The van der Waals surface area contributed by atoms with Gasteiger partial charge >= 0.3 is 6.03 Å². The quantitative estimate of drug-likeness (QED) is 0.771. The molecule has 19 heavy (non-hydrogen) atoms. The predicted molar refractivity (Wildman–Crippen MR) is 75.6 cm³/mol. The van der Waals surface area contributed by atoms with Crippen LogP contribution in [0.25, 0.3) is 0 Å². The van der Waals surface area contributed by atoms with Gasteiger partial charge in [0.05, 0.1) is 17.7 Å². The lowest BCUT2D eigenvalue weighted by molar-refractivity contribution is 0.237. The van der Waals surface area contributed by atoms with E-state index in [2.05, 4.69) is 23.6 Å². The molecule has 0 fully saturated rings. The van der Waals surface area contributed by atoms with Crippen LogP contribution in [0.5, 0.6) is 0 Å². The highest BCUT2D eigenvalue weighted by atomic mass is 16.2. The maximum absolute atomic E-state index is 11.6. The molecule has 0 unspecified atom stereocenters. The first kappa shape index (κ1) is 15.0. The van der Waals surface area contributed by atoms with Crippen molar-refractivity contribution in [2.24, 2.45) is 0 Å². The van der Waals surface area contributed by atoms with Crippen molar-refractivity contribution in [1.29, 1.82) is 5.26 Å². The van der Waals surface area contributed by atoms with Crippen molar-refractivity contribution in [2.75, 3.05) is 6.54 Å². The number of rotatable bonds is 6. The zero-order chi connectivity index (χ0) is 14.1. The van der Waals surface area contributed by atoms with E-state index >= 15 is 0 Å². The second kappa shape index (κ2) is 8.15. The summed E-state index contributed by atoms with van der Waals surface area (Å²) in [6.45, 7) is 4.76. The van der Waals surface area contributed by atoms with E-state index in [9.17, 15) is 4.79 Å². The Kier molecular flexibility index (Phi) is 6.45. The molecule has 0 aliphatic carbocycles. The summed E-state index contributed by atoms with van der Waals surface area (Å²) in [6.07, 6.45) is 3.28. The molecule has 2 amide bonds. The predicted octanol–water partition coefficient (Wildman–Crippen LogP) is 3.11. The van der Waals surface area contributed by atoms with Crippen molar-refractivity contribution >= 4 is 6.03 Å². The summed E-state index contributed by atoms with van der Waals surface area (Å²) in [5.41, 5.74) is 1.61. The van der Waals surface area contributed by atoms with Gasteiger partial charge in [0.15, 0.2) is 0 Å². The third kappa shape index (κ3) is 5.43. The first-order chi connectivity index (χ1) is 9.17. The topological polar surface area (TPSA) is 64.9 Å². The molecule has 4 nitrogen and oxygen atoms in total. The van der Waals surface area contributed by atoms with Gasteiger partial charge in [0, 0.05) is 6.54 Å². The summed E-state index contributed by atoms with van der Waals surface area (Å²) in [4.78, 5) is 11.6. The van der Waals surface area contributed by atoms with Crippen LogP contribution in [0.15, 0.2) is 24.3 Å². The number of benzene rings is 1. The average molecular weight is 259 g/mol. The van der Waals surface area contributed by atoms with Crippen LogP contribution in [-0.4, -0.2) is 12.6 Å². The minimum Gasteiger partial charge on any atom is -0.338 e. The molecule has 0 bridgehead atoms. The molecule has 4 heteroatoms. The Balaban J connectivity index is 2.38. The maximum Gasteiger partial charge on any atom is 0.315 e. The lowest BCUT2D eigenvalue weighted by Crippen LogP contribution is -2.37. The monoisotopic (exact) mass is 259 g/mol. The number of amides is 2. The van der Waals surface area contributed by atoms with Crippen molar-refractivity contribution in [3.63, 3.8) is 0 Å². The van der Waals surface area contributed by atoms with Gasteiger partial charge < -0.3 is 10.6 Å². The molecule has 0 radical (unpaired) electrons. The maximum atomic E-state index is 11.6. The summed E-state index contributed by atoms with van der Waals surface area (Å²) in [5, 5.41) is 14.4. The fourth-order valence-corrected chi connectivity index (χ4v) is 1.75. The van der Waals surface area contributed by atoms with Gasteiger partial charge in [-0.2, -0.15) is 5.26 Å². The molecule has 1 rings (SSSR count). The molecule has 1 aromatic carbocycles. The summed E-state index contributed by atoms with van der Waals surface area (Å²) >= 11 is 0. The van der Waals surface area contributed by atoms with Gasteiger partial charge in [-0.15, -0.1) is 0 Å². The zero-order valence-electron chi connectivity index (χ0n) is 11.6. The van der Waals surface area contributed by atoms with E-state index in [1.165, 1.54) is 0 Å². The third-order valence-corrected chi connectivity index (χ3v) is 2.95. The standard InChI is InChI=1S/C15H21N3O/c1-3-4-5-10-17-15(19)18-12(2)14-8-6-13(11-16)7-9-14/h6-9,12H,3-5,10H2,1-2H3,(H2,17,18,19)/t12-/m1/s1. The molecule has 0 saturated carbocycles. The van der Waals surface area contributed by atoms with E-state index in [1.807, 2.05) is 19.1 Å². The fraction of sp³-hybridized carbons (Fsp3) is 0.467. The van der Waals surface area contributed by atoms with E-state index in [0.717, 1.165) is 24.8 Å². The Bertz CT molecular complexity index is 434. The fourth-order valence-electron chi connectivity index (χ4n) is 1.75. The van der Waals surface area contributed by atoms with Gasteiger partial charge in [-0.3, -0.25) is 0 Å². The molecule has 102 valence electrons. The van der Waals surface area contributed by atoms with Crippen molar-refractivity contribution in [2.45, 2.75) is 39.2 Å². The number of urea groups is 1. The molecule has 0 saturated heterocycles. The first-order valence-electron chi connectivity index (χ1n) is 6.71. The third-order valence-electron chi connectivity index (χ3n) is 2.95. The number of nitriles is 1. The molecule has 1 aromatic rings. The average Bonchev–Trinajstić information content (AvgIpc) is 2.43. The highest BCUT2D eigenvalue weighted by Gasteiger charge is 2.08. The van der Waals surface area contributed by atoms with Crippen LogP contribution in [0.3, 0.4) is 0 Å². The molecule has 1 atom stereocenters. The van der Waals surface area contributed by atoms with E-state index < -0.39 is 0 Å². The normalized spacial score (nSPS) is 11.4. The number of nitrogens with zero attached hydrogens (tertiary/aromatic N) is 1. The number of unbranched alkanes of at least 4 members (excludes halogenated alkanes) is 2. The molecule has 0 aliphatic rings. The second-order valence-electron chi connectivity index (χ2n) is 4.56. The lowest BCUT2D eigenvalue weighted by atomic mass is 10.1. The minimum absolute atomic E-state index is 0.0704. The number of carbonyl (C=O) groups excluding carboxylic acids is 1. The van der Waals surface area contributed by atoms with Gasteiger partial charge in [-0.1, -0.05) is 31.9 Å². The Morgan fingerprint density at radius 1 is 1.32 bits per heavy atom. The summed E-state index contributed by atoms with van der Waals surface area (Å²) in [7, 11) is 0. The lowest BCUT2D eigenvalue weighted by Gasteiger charge is -2.15. The molecular weight excluding hydrogens is 238 g/mol. The van der Waals surface area contributed by atoms with Crippen LogP contribution in [-0.2, 0) is 0 Å². The largest absolute Gasteiger partial charge is 0.338 e. The van der Waals surface area contributed by atoms with Gasteiger partial charge in [-0.05, 0) is 31.0 Å². The number of nitrogens with one attached hydrogen (secondary N) is 2. The SMILES string of the molecule is CCCCCNC(=O)N[C@H](C)c1ccc(C#N)cc1. The van der Waals surface area contributed by atoms with Crippen LogP contribution in [0.1, 0.15) is 50.3 Å². The van der Waals surface area contributed by atoms with Gasteiger partial charge in [0.25, 0.3) is 0 Å². The summed E-state index contributed by atoms with van der Waals surface area (Å²) < 4.78 is 0. The summed E-state index contributed by atoms with van der Waals surface area (Å²) in [6, 6.07) is 9.09. The van der Waals surface area contributed by atoms with Crippen LogP contribution in [0.4, 0.5) is 4.79 Å².